The van der Waals surface area contributed by atoms with E-state index in [0.717, 1.165) is 5.56 Å². The number of hydrogen-bond acceptors (Lipinski definition) is 7. The van der Waals surface area contributed by atoms with Crippen molar-refractivity contribution < 1.29 is 23.9 Å². The number of cyclic esters (lactones) is 2. The van der Waals surface area contributed by atoms with Gasteiger partial charge in [-0.25, -0.2) is 9.59 Å². The third-order valence-electron chi connectivity index (χ3n) is 3.47. The summed E-state index contributed by atoms with van der Waals surface area (Å²) >= 11 is 0. The van der Waals surface area contributed by atoms with Crippen LogP contribution in [0.5, 0.6) is 0 Å². The number of rotatable bonds is 5. The molecule has 0 saturated carbocycles. The van der Waals surface area contributed by atoms with Crippen LogP contribution in [0.15, 0.2) is 30.0 Å². The lowest BCUT2D eigenvalue weighted by Crippen LogP contribution is -2.42. The number of esters is 2. The van der Waals surface area contributed by atoms with Crippen LogP contribution in [0.25, 0.3) is 0 Å². The van der Waals surface area contributed by atoms with Gasteiger partial charge in [0.05, 0.1) is 6.54 Å². The number of ether oxygens (including phenoxy) is 2. The zero-order valence-corrected chi connectivity index (χ0v) is 15.5. The molecule has 0 aromatic heterocycles. The average Bonchev–Trinajstić information content (AvgIpc) is 2.47. The molecule has 2 N–H and O–H groups in total. The molecule has 8 nitrogen and oxygen atoms in total. The van der Waals surface area contributed by atoms with Gasteiger partial charge >= 0.3 is 11.9 Å². The molecule has 140 valence electrons. The minimum absolute atomic E-state index is 0.143. The van der Waals surface area contributed by atoms with Crippen LogP contribution in [0.3, 0.4) is 0 Å². The average molecular weight is 361 g/mol. The van der Waals surface area contributed by atoms with Gasteiger partial charge in [-0.15, -0.1) is 0 Å². The Hall–Kier alpha value is -2.87. The lowest BCUT2D eigenvalue weighted by Gasteiger charge is -2.29. The predicted molar refractivity (Wildman–Crippen MR) is 96.3 cm³/mol. The molecule has 1 heterocycles. The van der Waals surface area contributed by atoms with Crippen molar-refractivity contribution in [3.05, 3.63) is 35.5 Å². The number of nitrogens with zero attached hydrogens (tertiary/aromatic N) is 1. The van der Waals surface area contributed by atoms with E-state index in [-0.39, 0.29) is 18.0 Å². The highest BCUT2D eigenvalue weighted by Crippen LogP contribution is 2.24. The molecule has 1 amide bonds. The fourth-order valence-corrected chi connectivity index (χ4v) is 2.26. The maximum atomic E-state index is 11.9. The fourth-order valence-electron chi connectivity index (χ4n) is 2.26. The van der Waals surface area contributed by atoms with Gasteiger partial charge in [0.25, 0.3) is 5.79 Å². The van der Waals surface area contributed by atoms with Crippen LogP contribution in [-0.4, -0.2) is 49.2 Å². The second-order valence-corrected chi connectivity index (χ2v) is 6.70. The summed E-state index contributed by atoms with van der Waals surface area (Å²) in [7, 11) is 3.61. The highest BCUT2D eigenvalue weighted by atomic mass is 16.7. The number of anilines is 2. The zero-order chi connectivity index (χ0) is 19.5. The van der Waals surface area contributed by atoms with Gasteiger partial charge in [0.2, 0.25) is 5.91 Å². The topological polar surface area (TPSA) is 97.0 Å². The largest absolute Gasteiger partial charge is 0.419 e. The second-order valence-electron chi connectivity index (χ2n) is 6.70. The van der Waals surface area contributed by atoms with Crippen molar-refractivity contribution in [3.8, 4) is 0 Å². The van der Waals surface area contributed by atoms with Gasteiger partial charge in [-0.05, 0) is 38.7 Å². The Morgan fingerprint density at radius 1 is 1.19 bits per heavy atom. The van der Waals surface area contributed by atoms with Gasteiger partial charge in [-0.3, -0.25) is 4.79 Å². The lowest BCUT2D eigenvalue weighted by atomic mass is 10.1. The molecule has 2 rings (SSSR count). The Labute approximate surface area is 152 Å². The molecular weight excluding hydrogens is 338 g/mol. The number of hydrogen-bond donors (Lipinski definition) is 2. The summed E-state index contributed by atoms with van der Waals surface area (Å²) in [6.07, 6.45) is 1.23. The summed E-state index contributed by atoms with van der Waals surface area (Å²) in [6, 6.07) is 5.29. The van der Waals surface area contributed by atoms with E-state index < -0.39 is 17.7 Å². The molecule has 8 heteroatoms. The minimum Gasteiger partial charge on any atom is -0.419 e. The third-order valence-corrected chi connectivity index (χ3v) is 3.47. The smallest absolute Gasteiger partial charge is 0.350 e. The first kappa shape index (κ1) is 19.5. The van der Waals surface area contributed by atoms with Crippen molar-refractivity contribution in [2.24, 2.45) is 0 Å². The molecule has 0 atom stereocenters. The van der Waals surface area contributed by atoms with Crippen molar-refractivity contribution in [3.63, 3.8) is 0 Å². The third kappa shape index (κ3) is 5.06. The molecule has 1 aromatic carbocycles. The molecule has 0 unspecified atom stereocenters. The Bertz CT molecular complexity index is 746. The summed E-state index contributed by atoms with van der Waals surface area (Å²) in [5.74, 6) is -2.94. The predicted octanol–water partition coefficient (Wildman–Crippen LogP) is 1.63. The Balaban J connectivity index is 2.13. The minimum atomic E-state index is -1.28. The van der Waals surface area contributed by atoms with Crippen molar-refractivity contribution in [2.45, 2.75) is 26.6 Å². The molecule has 1 saturated heterocycles. The van der Waals surface area contributed by atoms with Crippen LogP contribution in [-0.2, 0) is 23.9 Å². The maximum Gasteiger partial charge on any atom is 0.350 e. The van der Waals surface area contributed by atoms with Gasteiger partial charge in [0.1, 0.15) is 0 Å². The number of benzene rings is 1. The van der Waals surface area contributed by atoms with E-state index in [4.69, 9.17) is 9.47 Å². The van der Waals surface area contributed by atoms with Crippen LogP contribution in [0, 0.1) is 6.92 Å². The Morgan fingerprint density at radius 2 is 1.81 bits per heavy atom. The summed E-state index contributed by atoms with van der Waals surface area (Å²) in [6.45, 7) is 5.09. The van der Waals surface area contributed by atoms with E-state index in [2.05, 4.69) is 10.6 Å². The van der Waals surface area contributed by atoms with Crippen molar-refractivity contribution >= 4 is 29.2 Å². The SMILES string of the molecule is Cc1ccc(NC=C2C(=O)OC(C)(C)OC2=O)cc1NC(=O)CN(C)C. The van der Waals surface area contributed by atoms with Gasteiger partial charge in [0.15, 0.2) is 5.57 Å². The van der Waals surface area contributed by atoms with Crippen molar-refractivity contribution in [1.82, 2.24) is 4.90 Å². The molecule has 1 aromatic rings. The summed E-state index contributed by atoms with van der Waals surface area (Å²) in [5, 5.41) is 5.68. The van der Waals surface area contributed by atoms with Gasteiger partial charge in [0, 0.05) is 31.4 Å². The zero-order valence-electron chi connectivity index (χ0n) is 15.5. The monoisotopic (exact) mass is 361 g/mol. The van der Waals surface area contributed by atoms with E-state index in [0.29, 0.717) is 11.4 Å². The number of carbonyl (C=O) groups is 3. The fraction of sp³-hybridized carbons (Fsp3) is 0.389. The van der Waals surface area contributed by atoms with Gasteiger partial charge in [-0.2, -0.15) is 0 Å². The number of amides is 1. The molecule has 0 spiro atoms. The Kier molecular flexibility index (Phi) is 5.66. The standard InChI is InChI=1S/C18H23N3O5/c1-11-6-7-12(8-14(11)20-15(22)10-21(4)5)19-9-13-16(23)25-18(2,3)26-17(13)24/h6-9,19H,10H2,1-5H3,(H,20,22). The number of likely N-dealkylation sites (N-methyl/N-ethyl adjacent to an activating group) is 1. The van der Waals surface area contributed by atoms with Gasteiger partial charge < -0.3 is 25.0 Å². The highest BCUT2D eigenvalue weighted by Gasteiger charge is 2.38. The van der Waals surface area contributed by atoms with Crippen molar-refractivity contribution in [1.29, 1.82) is 0 Å². The van der Waals surface area contributed by atoms with Crippen LogP contribution >= 0.6 is 0 Å². The van der Waals surface area contributed by atoms with E-state index in [1.54, 1.807) is 31.1 Å². The lowest BCUT2D eigenvalue weighted by molar-refractivity contribution is -0.222. The first-order valence-corrected chi connectivity index (χ1v) is 8.06. The van der Waals surface area contributed by atoms with E-state index in [9.17, 15) is 14.4 Å². The molecule has 0 aliphatic carbocycles. The first-order valence-electron chi connectivity index (χ1n) is 8.06. The van der Waals surface area contributed by atoms with Crippen LogP contribution in [0.4, 0.5) is 11.4 Å². The summed E-state index contributed by atoms with van der Waals surface area (Å²) in [4.78, 5) is 37.5. The van der Waals surface area contributed by atoms with Gasteiger partial charge in [-0.1, -0.05) is 6.07 Å². The van der Waals surface area contributed by atoms with E-state index in [1.165, 1.54) is 20.0 Å². The molecule has 1 aliphatic rings. The highest BCUT2D eigenvalue weighted by molar-refractivity contribution is 6.15. The molecule has 0 radical (unpaired) electrons. The molecule has 1 fully saturated rings. The van der Waals surface area contributed by atoms with E-state index in [1.807, 2.05) is 13.0 Å². The van der Waals surface area contributed by atoms with Crippen LogP contribution in [0.2, 0.25) is 0 Å². The quantitative estimate of drug-likeness (QED) is 0.467. The van der Waals surface area contributed by atoms with Crippen molar-refractivity contribution in [2.75, 3.05) is 31.3 Å². The number of aryl methyl sites for hydroxylation is 1. The number of carbonyl (C=O) groups excluding carboxylic acids is 3. The molecular formula is C18H23N3O5. The first-order chi connectivity index (χ1) is 12.1. The number of nitrogens with one attached hydrogen (secondary N) is 2. The normalized spacial score (nSPS) is 16.0. The second kappa shape index (κ2) is 7.57. The summed E-state index contributed by atoms with van der Waals surface area (Å²) in [5.41, 5.74) is 1.88. The van der Waals surface area contributed by atoms with Crippen LogP contribution in [0.1, 0.15) is 19.4 Å². The maximum absolute atomic E-state index is 11.9. The van der Waals surface area contributed by atoms with E-state index >= 15 is 0 Å². The molecule has 0 bridgehead atoms. The molecule has 26 heavy (non-hydrogen) atoms. The summed E-state index contributed by atoms with van der Waals surface area (Å²) < 4.78 is 10.1. The molecule has 1 aliphatic heterocycles. The van der Waals surface area contributed by atoms with Crippen LogP contribution < -0.4 is 10.6 Å². The Morgan fingerprint density at radius 3 is 2.38 bits per heavy atom.